The molecule has 158 valence electrons. The predicted molar refractivity (Wildman–Crippen MR) is 114 cm³/mol. The molecule has 8 heteroatoms. The molecule has 30 heavy (non-hydrogen) atoms. The quantitative estimate of drug-likeness (QED) is 0.529. The van der Waals surface area contributed by atoms with Gasteiger partial charge in [0.1, 0.15) is 11.6 Å². The molecule has 0 radical (unpaired) electrons. The van der Waals surface area contributed by atoms with Crippen molar-refractivity contribution >= 4 is 11.7 Å². The lowest BCUT2D eigenvalue weighted by molar-refractivity contribution is 0.0902. The number of amides is 1. The number of halogens is 1. The molecular weight excluding hydrogens is 383 g/mol. The van der Waals surface area contributed by atoms with E-state index in [-0.39, 0.29) is 17.5 Å². The van der Waals surface area contributed by atoms with Crippen molar-refractivity contribution in [2.75, 3.05) is 11.9 Å². The van der Waals surface area contributed by atoms with E-state index in [0.29, 0.717) is 18.8 Å². The number of hydrogen-bond donors (Lipinski definition) is 3. The molecule has 3 N–H and O–H groups in total. The van der Waals surface area contributed by atoms with E-state index < -0.39 is 5.54 Å². The zero-order valence-electron chi connectivity index (χ0n) is 17.7. The number of rotatable bonds is 8. The average Bonchev–Trinajstić information content (AvgIpc) is 3.17. The molecule has 0 unspecified atom stereocenters. The summed E-state index contributed by atoms with van der Waals surface area (Å²) in [6, 6.07) is 6.38. The van der Waals surface area contributed by atoms with Gasteiger partial charge in [-0.25, -0.2) is 14.4 Å². The Labute approximate surface area is 175 Å². The Balaban J connectivity index is 1.69. The number of H-pyrrole nitrogens is 1. The van der Waals surface area contributed by atoms with Crippen LogP contribution < -0.4 is 10.6 Å². The van der Waals surface area contributed by atoms with Crippen LogP contribution in [0.25, 0.3) is 0 Å². The minimum atomic E-state index is -0.595. The molecular formula is C22H27FN6O. The first-order valence-electron chi connectivity index (χ1n) is 9.87. The predicted octanol–water partition coefficient (Wildman–Crippen LogP) is 3.36. The molecule has 0 aliphatic heterocycles. The van der Waals surface area contributed by atoms with Gasteiger partial charge in [0.2, 0.25) is 5.82 Å². The Morgan fingerprint density at radius 1 is 1.20 bits per heavy atom. The van der Waals surface area contributed by atoms with E-state index in [4.69, 9.17) is 0 Å². The van der Waals surface area contributed by atoms with Gasteiger partial charge < -0.3 is 10.6 Å². The number of aromatic nitrogens is 4. The maximum atomic E-state index is 13.5. The van der Waals surface area contributed by atoms with Crippen molar-refractivity contribution in [1.82, 2.24) is 25.5 Å². The lowest BCUT2D eigenvalue weighted by Gasteiger charge is -2.26. The number of carbonyl (C=O) groups is 1. The third kappa shape index (κ3) is 5.62. The standard InChI is InChI=1S/C22H27FN6O/c1-14-15(2)27-20(28-19(14)24-9-8-17-12-25-26-13-17)21(30)29-22(3,4)11-16-6-5-7-18(23)10-16/h5-7,10,12-13H,8-9,11H2,1-4H3,(H,25,26)(H,29,30)(H,24,27,28). The Morgan fingerprint density at radius 3 is 2.70 bits per heavy atom. The molecule has 0 bridgehead atoms. The summed E-state index contributed by atoms with van der Waals surface area (Å²) in [4.78, 5) is 21.6. The summed E-state index contributed by atoms with van der Waals surface area (Å²) in [7, 11) is 0. The number of nitrogens with one attached hydrogen (secondary N) is 3. The van der Waals surface area contributed by atoms with Crippen molar-refractivity contribution < 1.29 is 9.18 Å². The minimum absolute atomic E-state index is 0.108. The average molecular weight is 410 g/mol. The summed E-state index contributed by atoms with van der Waals surface area (Å²) >= 11 is 0. The molecule has 0 aliphatic carbocycles. The highest BCUT2D eigenvalue weighted by Crippen LogP contribution is 2.17. The monoisotopic (exact) mass is 410 g/mol. The first-order chi connectivity index (χ1) is 14.2. The zero-order valence-corrected chi connectivity index (χ0v) is 17.7. The van der Waals surface area contributed by atoms with E-state index >= 15 is 0 Å². The molecule has 1 amide bonds. The van der Waals surface area contributed by atoms with Crippen LogP contribution >= 0.6 is 0 Å². The first kappa shape index (κ1) is 21.4. The van der Waals surface area contributed by atoms with E-state index in [1.54, 1.807) is 12.3 Å². The van der Waals surface area contributed by atoms with Gasteiger partial charge in [0.25, 0.3) is 5.91 Å². The van der Waals surface area contributed by atoms with Crippen LogP contribution in [0.4, 0.5) is 10.2 Å². The summed E-state index contributed by atoms with van der Waals surface area (Å²) in [5.41, 5.74) is 2.94. The van der Waals surface area contributed by atoms with Gasteiger partial charge in [-0.2, -0.15) is 5.10 Å². The molecule has 0 spiro atoms. The van der Waals surface area contributed by atoms with Gasteiger partial charge in [-0.15, -0.1) is 0 Å². The Bertz CT molecular complexity index is 1020. The van der Waals surface area contributed by atoms with Crippen molar-refractivity contribution in [1.29, 1.82) is 0 Å². The highest BCUT2D eigenvalue weighted by Gasteiger charge is 2.24. The molecule has 0 aliphatic rings. The van der Waals surface area contributed by atoms with Crippen LogP contribution in [0.1, 0.15) is 46.9 Å². The number of aromatic amines is 1. The number of anilines is 1. The third-order valence-electron chi connectivity index (χ3n) is 4.84. The minimum Gasteiger partial charge on any atom is -0.369 e. The normalized spacial score (nSPS) is 11.4. The second-order valence-electron chi connectivity index (χ2n) is 8.03. The lowest BCUT2D eigenvalue weighted by Crippen LogP contribution is -2.45. The number of benzene rings is 1. The summed E-state index contributed by atoms with van der Waals surface area (Å²) in [5.74, 6) is 0.0888. The summed E-state index contributed by atoms with van der Waals surface area (Å²) < 4.78 is 13.5. The van der Waals surface area contributed by atoms with Crippen molar-refractivity contribution in [3.05, 3.63) is 70.7 Å². The van der Waals surface area contributed by atoms with Crippen LogP contribution in [0.5, 0.6) is 0 Å². The van der Waals surface area contributed by atoms with Gasteiger partial charge in [0.05, 0.1) is 6.20 Å². The molecule has 2 heterocycles. The van der Waals surface area contributed by atoms with Crippen molar-refractivity contribution in [2.24, 2.45) is 0 Å². The first-order valence-corrected chi connectivity index (χ1v) is 9.87. The number of carbonyl (C=O) groups excluding carboxylic acids is 1. The van der Waals surface area contributed by atoms with Crippen molar-refractivity contribution in [2.45, 2.75) is 46.1 Å². The lowest BCUT2D eigenvalue weighted by atomic mass is 9.95. The van der Waals surface area contributed by atoms with Crippen LogP contribution in [0.15, 0.2) is 36.7 Å². The van der Waals surface area contributed by atoms with E-state index in [0.717, 1.165) is 28.8 Å². The largest absolute Gasteiger partial charge is 0.369 e. The Kier molecular flexibility index (Phi) is 6.44. The van der Waals surface area contributed by atoms with Crippen LogP contribution in [-0.2, 0) is 12.8 Å². The molecule has 1 aromatic carbocycles. The van der Waals surface area contributed by atoms with Gasteiger partial charge in [0.15, 0.2) is 0 Å². The second-order valence-corrected chi connectivity index (χ2v) is 8.03. The highest BCUT2D eigenvalue weighted by molar-refractivity contribution is 5.91. The molecule has 3 rings (SSSR count). The number of aryl methyl sites for hydroxylation is 1. The van der Waals surface area contributed by atoms with Crippen LogP contribution in [0.2, 0.25) is 0 Å². The SMILES string of the molecule is Cc1nc(C(=O)NC(C)(C)Cc2cccc(F)c2)nc(NCCc2cn[nH]c2)c1C. The molecule has 0 saturated heterocycles. The van der Waals surface area contributed by atoms with Gasteiger partial charge in [-0.05, 0) is 63.8 Å². The topological polar surface area (TPSA) is 95.6 Å². The molecule has 7 nitrogen and oxygen atoms in total. The zero-order chi connectivity index (χ0) is 21.7. The van der Waals surface area contributed by atoms with Gasteiger partial charge >= 0.3 is 0 Å². The van der Waals surface area contributed by atoms with Gasteiger partial charge in [-0.3, -0.25) is 9.89 Å². The van der Waals surface area contributed by atoms with Crippen LogP contribution in [0, 0.1) is 19.7 Å². The summed E-state index contributed by atoms with van der Waals surface area (Å²) in [6.07, 6.45) is 4.89. The molecule has 3 aromatic rings. The van der Waals surface area contributed by atoms with Crippen molar-refractivity contribution in [3.8, 4) is 0 Å². The summed E-state index contributed by atoms with van der Waals surface area (Å²) in [5, 5.41) is 13.0. The Hall–Kier alpha value is -3.29. The van der Waals surface area contributed by atoms with E-state index in [9.17, 15) is 9.18 Å². The second kappa shape index (κ2) is 9.02. The highest BCUT2D eigenvalue weighted by atomic mass is 19.1. The van der Waals surface area contributed by atoms with Gasteiger partial charge in [-0.1, -0.05) is 12.1 Å². The van der Waals surface area contributed by atoms with Crippen LogP contribution in [-0.4, -0.2) is 38.2 Å². The van der Waals surface area contributed by atoms with E-state index in [1.165, 1.54) is 12.1 Å². The maximum absolute atomic E-state index is 13.5. The molecule has 0 saturated carbocycles. The molecule has 0 atom stereocenters. The van der Waals surface area contributed by atoms with E-state index in [1.807, 2.05) is 40.0 Å². The number of hydrogen-bond acceptors (Lipinski definition) is 5. The smallest absolute Gasteiger partial charge is 0.289 e. The molecule has 2 aromatic heterocycles. The van der Waals surface area contributed by atoms with Gasteiger partial charge in [0, 0.05) is 29.5 Å². The summed E-state index contributed by atoms with van der Waals surface area (Å²) in [6.45, 7) is 8.21. The third-order valence-corrected chi connectivity index (χ3v) is 4.84. The fourth-order valence-electron chi connectivity index (χ4n) is 3.21. The fraction of sp³-hybridized carbons (Fsp3) is 0.364. The molecule has 0 fully saturated rings. The Morgan fingerprint density at radius 2 is 2.00 bits per heavy atom. The number of nitrogens with zero attached hydrogens (tertiary/aromatic N) is 3. The van der Waals surface area contributed by atoms with E-state index in [2.05, 4.69) is 30.8 Å². The fourth-order valence-corrected chi connectivity index (χ4v) is 3.21. The van der Waals surface area contributed by atoms with Crippen molar-refractivity contribution in [3.63, 3.8) is 0 Å². The maximum Gasteiger partial charge on any atom is 0.289 e. The van der Waals surface area contributed by atoms with Crippen LogP contribution in [0.3, 0.4) is 0 Å².